The molecule has 0 spiro atoms. The fraction of sp³-hybridized carbons (Fsp3) is 0.500. The van der Waals surface area contributed by atoms with Gasteiger partial charge in [0, 0.05) is 19.8 Å². The molecule has 0 radical (unpaired) electrons. The number of imidazole rings is 1. The molecule has 1 aromatic heterocycles. The van der Waals surface area contributed by atoms with Crippen LogP contribution in [0.25, 0.3) is 11.0 Å². The standard InChI is InChI=1S/C14H19N3O/c1-14(6-8-18-9-7-14)10-17-12-5-3-2-4-11(12)16-13(17)15/h2-5H,6-10H2,1H3,(H2,15,16). The SMILES string of the molecule is CC1(Cn2c(N)nc3ccccc32)CCOCC1. The summed E-state index contributed by atoms with van der Waals surface area (Å²) >= 11 is 0. The Hall–Kier alpha value is -1.55. The van der Waals surface area contributed by atoms with Crippen molar-refractivity contribution < 1.29 is 4.74 Å². The van der Waals surface area contributed by atoms with E-state index in [-0.39, 0.29) is 5.41 Å². The van der Waals surface area contributed by atoms with Crippen molar-refractivity contribution in [3.05, 3.63) is 24.3 Å². The third-order valence-corrected chi connectivity index (χ3v) is 3.92. The summed E-state index contributed by atoms with van der Waals surface area (Å²) in [6.45, 7) is 4.93. The summed E-state index contributed by atoms with van der Waals surface area (Å²) < 4.78 is 7.59. The molecule has 1 aromatic carbocycles. The van der Waals surface area contributed by atoms with Gasteiger partial charge in [0.15, 0.2) is 0 Å². The Morgan fingerprint density at radius 1 is 1.33 bits per heavy atom. The van der Waals surface area contributed by atoms with Gasteiger partial charge < -0.3 is 15.0 Å². The molecule has 1 aliphatic rings. The molecule has 4 nitrogen and oxygen atoms in total. The minimum Gasteiger partial charge on any atom is -0.381 e. The van der Waals surface area contributed by atoms with Gasteiger partial charge >= 0.3 is 0 Å². The first-order valence-electron chi connectivity index (χ1n) is 6.46. The molecular weight excluding hydrogens is 226 g/mol. The van der Waals surface area contributed by atoms with Crippen LogP contribution in [0.15, 0.2) is 24.3 Å². The number of aromatic nitrogens is 2. The Kier molecular flexibility index (Phi) is 2.74. The molecule has 0 unspecified atom stereocenters. The van der Waals surface area contributed by atoms with Crippen LogP contribution in [0.3, 0.4) is 0 Å². The van der Waals surface area contributed by atoms with Crippen LogP contribution in [0.2, 0.25) is 0 Å². The van der Waals surface area contributed by atoms with Crippen LogP contribution in [-0.2, 0) is 11.3 Å². The summed E-state index contributed by atoms with van der Waals surface area (Å²) in [5.74, 6) is 0.615. The Morgan fingerprint density at radius 2 is 2.06 bits per heavy atom. The summed E-state index contributed by atoms with van der Waals surface area (Å²) in [6.07, 6.45) is 2.16. The molecule has 96 valence electrons. The Morgan fingerprint density at radius 3 is 2.83 bits per heavy atom. The molecule has 4 heteroatoms. The Labute approximate surface area is 107 Å². The fourth-order valence-corrected chi connectivity index (χ4v) is 2.66. The monoisotopic (exact) mass is 245 g/mol. The van der Waals surface area contributed by atoms with E-state index in [9.17, 15) is 0 Å². The molecule has 2 N–H and O–H groups in total. The zero-order valence-electron chi connectivity index (χ0n) is 10.7. The molecule has 2 heterocycles. The van der Waals surface area contributed by atoms with Gasteiger partial charge in [-0.05, 0) is 30.4 Å². The lowest BCUT2D eigenvalue weighted by molar-refractivity contribution is 0.0163. The number of nitrogens with two attached hydrogens (primary N) is 1. The van der Waals surface area contributed by atoms with Gasteiger partial charge in [-0.3, -0.25) is 0 Å². The van der Waals surface area contributed by atoms with Crippen molar-refractivity contribution in [3.63, 3.8) is 0 Å². The van der Waals surface area contributed by atoms with Crippen molar-refractivity contribution in [2.45, 2.75) is 26.3 Å². The first kappa shape index (κ1) is 11.5. The normalized spacial score (nSPS) is 19.2. The second kappa shape index (κ2) is 4.28. The molecule has 0 saturated carbocycles. The van der Waals surface area contributed by atoms with Gasteiger partial charge in [-0.1, -0.05) is 19.1 Å². The molecule has 0 amide bonds. The lowest BCUT2D eigenvalue weighted by atomic mass is 9.82. The summed E-state index contributed by atoms with van der Waals surface area (Å²) in [5, 5.41) is 0. The van der Waals surface area contributed by atoms with Crippen LogP contribution in [0, 0.1) is 5.41 Å². The predicted octanol–water partition coefficient (Wildman–Crippen LogP) is 2.44. The maximum absolute atomic E-state index is 6.05. The van der Waals surface area contributed by atoms with Gasteiger partial charge in [0.25, 0.3) is 0 Å². The van der Waals surface area contributed by atoms with Gasteiger partial charge in [-0.2, -0.15) is 0 Å². The Bertz CT molecular complexity index is 555. The minimum absolute atomic E-state index is 0.260. The van der Waals surface area contributed by atoms with E-state index < -0.39 is 0 Å². The summed E-state index contributed by atoms with van der Waals surface area (Å²) in [7, 11) is 0. The quantitative estimate of drug-likeness (QED) is 0.884. The highest BCUT2D eigenvalue weighted by Gasteiger charge is 2.29. The number of nitrogen functional groups attached to an aromatic ring is 1. The Balaban J connectivity index is 1.96. The maximum atomic E-state index is 6.05. The average molecular weight is 245 g/mol. The third-order valence-electron chi connectivity index (χ3n) is 3.92. The molecule has 18 heavy (non-hydrogen) atoms. The van der Waals surface area contributed by atoms with Crippen LogP contribution in [0.5, 0.6) is 0 Å². The topological polar surface area (TPSA) is 53.1 Å². The molecule has 3 rings (SSSR count). The predicted molar refractivity (Wildman–Crippen MR) is 72.3 cm³/mol. The van der Waals surface area contributed by atoms with E-state index in [1.807, 2.05) is 18.2 Å². The number of nitrogens with zero attached hydrogens (tertiary/aromatic N) is 2. The van der Waals surface area contributed by atoms with E-state index in [4.69, 9.17) is 10.5 Å². The van der Waals surface area contributed by atoms with Crippen LogP contribution < -0.4 is 5.73 Å². The second-order valence-corrected chi connectivity index (χ2v) is 5.47. The zero-order valence-corrected chi connectivity index (χ0v) is 10.7. The molecule has 1 fully saturated rings. The fourth-order valence-electron chi connectivity index (χ4n) is 2.66. The highest BCUT2D eigenvalue weighted by Crippen LogP contribution is 2.33. The van der Waals surface area contributed by atoms with Gasteiger partial charge in [0.2, 0.25) is 5.95 Å². The van der Waals surface area contributed by atoms with Crippen molar-refractivity contribution in [2.24, 2.45) is 5.41 Å². The highest BCUT2D eigenvalue weighted by atomic mass is 16.5. The lowest BCUT2D eigenvalue weighted by Gasteiger charge is -2.34. The average Bonchev–Trinajstić information content (AvgIpc) is 2.67. The van der Waals surface area contributed by atoms with E-state index in [1.54, 1.807) is 0 Å². The smallest absolute Gasteiger partial charge is 0.201 e. The van der Waals surface area contributed by atoms with E-state index in [0.717, 1.165) is 43.6 Å². The van der Waals surface area contributed by atoms with Crippen molar-refractivity contribution in [1.82, 2.24) is 9.55 Å². The molecule has 0 atom stereocenters. The van der Waals surface area contributed by atoms with Crippen LogP contribution in [0.4, 0.5) is 5.95 Å². The lowest BCUT2D eigenvalue weighted by Crippen LogP contribution is -2.31. The largest absolute Gasteiger partial charge is 0.381 e. The maximum Gasteiger partial charge on any atom is 0.201 e. The molecule has 0 bridgehead atoms. The first-order chi connectivity index (χ1) is 8.68. The second-order valence-electron chi connectivity index (χ2n) is 5.47. The summed E-state index contributed by atoms with van der Waals surface area (Å²) in [5.41, 5.74) is 8.41. The number of para-hydroxylation sites is 2. The van der Waals surface area contributed by atoms with Crippen molar-refractivity contribution in [3.8, 4) is 0 Å². The first-order valence-corrected chi connectivity index (χ1v) is 6.46. The number of hydrogen-bond donors (Lipinski definition) is 1. The summed E-state index contributed by atoms with van der Waals surface area (Å²) in [6, 6.07) is 8.12. The van der Waals surface area contributed by atoms with Crippen molar-refractivity contribution in [1.29, 1.82) is 0 Å². The summed E-state index contributed by atoms with van der Waals surface area (Å²) in [4.78, 5) is 4.42. The van der Waals surface area contributed by atoms with Crippen molar-refractivity contribution >= 4 is 17.0 Å². The van der Waals surface area contributed by atoms with E-state index in [0.29, 0.717) is 5.95 Å². The third kappa shape index (κ3) is 1.97. The van der Waals surface area contributed by atoms with E-state index in [2.05, 4.69) is 22.5 Å². The molecular formula is C14H19N3O. The number of anilines is 1. The number of fused-ring (bicyclic) bond motifs is 1. The molecule has 0 aliphatic carbocycles. The van der Waals surface area contributed by atoms with Gasteiger partial charge in [0.05, 0.1) is 11.0 Å². The van der Waals surface area contributed by atoms with Crippen LogP contribution >= 0.6 is 0 Å². The minimum atomic E-state index is 0.260. The number of hydrogen-bond acceptors (Lipinski definition) is 3. The van der Waals surface area contributed by atoms with Crippen molar-refractivity contribution in [2.75, 3.05) is 18.9 Å². The van der Waals surface area contributed by atoms with Gasteiger partial charge in [0.1, 0.15) is 0 Å². The van der Waals surface area contributed by atoms with Gasteiger partial charge in [-0.25, -0.2) is 4.98 Å². The van der Waals surface area contributed by atoms with Gasteiger partial charge in [-0.15, -0.1) is 0 Å². The van der Waals surface area contributed by atoms with E-state index >= 15 is 0 Å². The highest BCUT2D eigenvalue weighted by molar-refractivity contribution is 5.78. The van der Waals surface area contributed by atoms with Crippen LogP contribution in [0.1, 0.15) is 19.8 Å². The molecule has 1 saturated heterocycles. The van der Waals surface area contributed by atoms with Crippen LogP contribution in [-0.4, -0.2) is 22.8 Å². The number of rotatable bonds is 2. The number of benzene rings is 1. The van der Waals surface area contributed by atoms with E-state index in [1.165, 1.54) is 0 Å². The molecule has 2 aromatic rings. The number of ether oxygens (including phenoxy) is 1. The zero-order chi connectivity index (χ0) is 12.6. The molecule has 1 aliphatic heterocycles.